The summed E-state index contributed by atoms with van der Waals surface area (Å²) in [6.45, 7) is 11.3. The summed E-state index contributed by atoms with van der Waals surface area (Å²) >= 11 is 3.57. The zero-order chi connectivity index (χ0) is 24.4. The molecule has 0 aliphatic carbocycles. The lowest BCUT2D eigenvalue weighted by Gasteiger charge is -2.30. The molecule has 0 bridgehead atoms. The molecule has 180 valence electrons. The Hall–Kier alpha value is -2.34. The first-order valence-corrected chi connectivity index (χ1v) is 12.5. The lowest BCUT2D eigenvalue weighted by molar-refractivity contribution is -0.142. The van der Waals surface area contributed by atoms with E-state index in [1.165, 1.54) is 5.56 Å². The number of carbonyl (C=O) groups is 2. The van der Waals surface area contributed by atoms with Gasteiger partial charge in [0, 0.05) is 13.1 Å². The first kappa shape index (κ1) is 26.9. The maximum atomic E-state index is 13.3. The van der Waals surface area contributed by atoms with Crippen LogP contribution in [0.4, 0.5) is 0 Å². The van der Waals surface area contributed by atoms with Crippen molar-refractivity contribution in [3.63, 3.8) is 0 Å². The molecule has 2 aromatic rings. The number of rotatable bonds is 11. The van der Waals surface area contributed by atoms with Gasteiger partial charge in [0.25, 0.3) is 5.91 Å². The number of halogens is 1. The van der Waals surface area contributed by atoms with E-state index in [1.54, 1.807) is 4.90 Å². The van der Waals surface area contributed by atoms with Crippen molar-refractivity contribution in [2.24, 2.45) is 0 Å². The first-order chi connectivity index (χ1) is 15.7. The van der Waals surface area contributed by atoms with Crippen LogP contribution in [0.15, 0.2) is 53.0 Å². The van der Waals surface area contributed by atoms with Gasteiger partial charge < -0.3 is 15.0 Å². The van der Waals surface area contributed by atoms with Gasteiger partial charge in [-0.05, 0) is 63.9 Å². The third-order valence-electron chi connectivity index (χ3n) is 5.57. The summed E-state index contributed by atoms with van der Waals surface area (Å²) in [4.78, 5) is 27.7. The van der Waals surface area contributed by atoms with Crippen molar-refractivity contribution in [1.29, 1.82) is 0 Å². The lowest BCUT2D eigenvalue weighted by atomic mass is 9.87. The molecule has 5 nitrogen and oxygen atoms in total. The Balaban J connectivity index is 2.15. The predicted octanol–water partition coefficient (Wildman–Crippen LogP) is 5.50. The van der Waals surface area contributed by atoms with Crippen LogP contribution in [0.2, 0.25) is 0 Å². The minimum Gasteiger partial charge on any atom is -0.483 e. The fourth-order valence-electron chi connectivity index (χ4n) is 3.57. The van der Waals surface area contributed by atoms with E-state index in [-0.39, 0.29) is 23.8 Å². The molecule has 2 amide bonds. The lowest BCUT2D eigenvalue weighted by Crippen LogP contribution is -2.51. The minimum atomic E-state index is -0.525. The summed E-state index contributed by atoms with van der Waals surface area (Å²) in [5.74, 6) is 0.301. The number of carbonyl (C=O) groups excluding carboxylic acids is 2. The molecule has 0 radical (unpaired) electrons. The molecular weight excluding hydrogens is 480 g/mol. The van der Waals surface area contributed by atoms with E-state index in [1.807, 2.05) is 62.4 Å². The number of ether oxygens (including phenoxy) is 1. The topological polar surface area (TPSA) is 58.6 Å². The van der Waals surface area contributed by atoms with Gasteiger partial charge in [-0.3, -0.25) is 9.59 Å². The standard InChI is InChI=1S/C27H37BrN2O3/c1-6-16-29-26(32)23(7-2)30(17-15-20-11-9-8-10-12-20)25(31)19-33-24-14-13-21(18-22(24)28)27(3,4)5/h8-14,18,23H,6-7,15-17,19H2,1-5H3,(H,29,32). The van der Waals surface area contributed by atoms with Crippen molar-refractivity contribution in [3.05, 3.63) is 64.1 Å². The fraction of sp³-hybridized carbons (Fsp3) is 0.481. The van der Waals surface area contributed by atoms with E-state index in [2.05, 4.69) is 42.0 Å². The van der Waals surface area contributed by atoms with Gasteiger partial charge in [-0.1, -0.05) is 71.0 Å². The Morgan fingerprint density at radius 2 is 1.79 bits per heavy atom. The van der Waals surface area contributed by atoms with Crippen molar-refractivity contribution >= 4 is 27.7 Å². The molecule has 0 aromatic heterocycles. The second-order valence-corrected chi connectivity index (χ2v) is 10.1. The van der Waals surface area contributed by atoms with Crippen LogP contribution in [0.1, 0.15) is 58.6 Å². The highest BCUT2D eigenvalue weighted by atomic mass is 79.9. The molecule has 1 atom stereocenters. The smallest absolute Gasteiger partial charge is 0.261 e. The molecule has 0 aliphatic rings. The number of hydrogen-bond acceptors (Lipinski definition) is 3. The molecule has 2 rings (SSSR count). The second-order valence-electron chi connectivity index (χ2n) is 9.22. The zero-order valence-electron chi connectivity index (χ0n) is 20.5. The van der Waals surface area contributed by atoms with E-state index >= 15 is 0 Å². The van der Waals surface area contributed by atoms with Crippen molar-refractivity contribution in [3.8, 4) is 5.75 Å². The summed E-state index contributed by atoms with van der Waals surface area (Å²) in [5, 5.41) is 2.94. The molecule has 1 unspecified atom stereocenters. The van der Waals surface area contributed by atoms with Crippen LogP contribution in [-0.2, 0) is 21.4 Å². The SMILES string of the molecule is CCCNC(=O)C(CC)N(CCc1ccccc1)C(=O)COc1ccc(C(C)(C)C)cc1Br. The van der Waals surface area contributed by atoms with Gasteiger partial charge in [0.2, 0.25) is 5.91 Å². The summed E-state index contributed by atoms with van der Waals surface area (Å²) in [5.41, 5.74) is 2.32. The summed E-state index contributed by atoms with van der Waals surface area (Å²) in [6, 6.07) is 15.4. The van der Waals surface area contributed by atoms with E-state index < -0.39 is 6.04 Å². The van der Waals surface area contributed by atoms with Gasteiger partial charge in [0.15, 0.2) is 6.61 Å². The van der Waals surface area contributed by atoms with Crippen LogP contribution >= 0.6 is 15.9 Å². The number of amides is 2. The highest BCUT2D eigenvalue weighted by Crippen LogP contribution is 2.31. The van der Waals surface area contributed by atoms with E-state index in [4.69, 9.17) is 4.74 Å². The first-order valence-electron chi connectivity index (χ1n) is 11.7. The van der Waals surface area contributed by atoms with Gasteiger partial charge in [-0.15, -0.1) is 0 Å². The predicted molar refractivity (Wildman–Crippen MR) is 138 cm³/mol. The average molecular weight is 518 g/mol. The van der Waals surface area contributed by atoms with Crippen molar-refractivity contribution < 1.29 is 14.3 Å². The van der Waals surface area contributed by atoms with Crippen LogP contribution in [-0.4, -0.2) is 42.5 Å². The van der Waals surface area contributed by atoms with E-state index in [0.29, 0.717) is 31.7 Å². The monoisotopic (exact) mass is 516 g/mol. The van der Waals surface area contributed by atoms with Crippen molar-refractivity contribution in [2.45, 2.75) is 65.3 Å². The second kappa shape index (κ2) is 12.8. The molecule has 0 saturated carbocycles. The summed E-state index contributed by atoms with van der Waals surface area (Å²) < 4.78 is 6.70. The van der Waals surface area contributed by atoms with Crippen LogP contribution in [0.25, 0.3) is 0 Å². The van der Waals surface area contributed by atoms with Gasteiger partial charge in [0.05, 0.1) is 4.47 Å². The Labute approximate surface area is 207 Å². The largest absolute Gasteiger partial charge is 0.483 e. The zero-order valence-corrected chi connectivity index (χ0v) is 22.1. The van der Waals surface area contributed by atoms with Crippen molar-refractivity contribution in [1.82, 2.24) is 10.2 Å². The van der Waals surface area contributed by atoms with Crippen LogP contribution in [0.5, 0.6) is 5.75 Å². The Morgan fingerprint density at radius 1 is 1.09 bits per heavy atom. The van der Waals surface area contributed by atoms with Crippen LogP contribution in [0.3, 0.4) is 0 Å². The maximum absolute atomic E-state index is 13.3. The van der Waals surface area contributed by atoms with Crippen molar-refractivity contribution in [2.75, 3.05) is 19.7 Å². The molecular formula is C27H37BrN2O3. The summed E-state index contributed by atoms with van der Waals surface area (Å²) in [6.07, 6.45) is 2.07. The molecule has 0 spiro atoms. The third-order valence-corrected chi connectivity index (χ3v) is 6.19. The highest BCUT2D eigenvalue weighted by molar-refractivity contribution is 9.10. The molecule has 2 aromatic carbocycles. The van der Waals surface area contributed by atoms with Gasteiger partial charge >= 0.3 is 0 Å². The van der Waals surface area contributed by atoms with Gasteiger partial charge in [-0.2, -0.15) is 0 Å². The van der Waals surface area contributed by atoms with E-state index in [0.717, 1.165) is 16.5 Å². The number of nitrogens with one attached hydrogen (secondary N) is 1. The number of benzene rings is 2. The molecule has 33 heavy (non-hydrogen) atoms. The van der Waals surface area contributed by atoms with Crippen LogP contribution in [0, 0.1) is 0 Å². The highest BCUT2D eigenvalue weighted by Gasteiger charge is 2.28. The molecule has 1 N–H and O–H groups in total. The minimum absolute atomic E-state index is 0.0192. The molecule has 6 heteroatoms. The Kier molecular flexibility index (Phi) is 10.4. The van der Waals surface area contributed by atoms with Gasteiger partial charge in [0.1, 0.15) is 11.8 Å². The number of hydrogen-bond donors (Lipinski definition) is 1. The third kappa shape index (κ3) is 8.18. The average Bonchev–Trinajstić information content (AvgIpc) is 2.79. The van der Waals surface area contributed by atoms with Gasteiger partial charge in [-0.25, -0.2) is 0 Å². The normalized spacial score (nSPS) is 12.2. The molecule has 0 saturated heterocycles. The Bertz CT molecular complexity index is 909. The Morgan fingerprint density at radius 3 is 2.36 bits per heavy atom. The molecule has 0 heterocycles. The quantitative estimate of drug-likeness (QED) is 0.428. The molecule has 0 aliphatic heterocycles. The van der Waals surface area contributed by atoms with E-state index in [9.17, 15) is 9.59 Å². The maximum Gasteiger partial charge on any atom is 0.261 e. The fourth-order valence-corrected chi connectivity index (χ4v) is 4.06. The number of nitrogens with zero attached hydrogens (tertiary/aromatic N) is 1. The molecule has 0 fully saturated rings. The van der Waals surface area contributed by atoms with Crippen LogP contribution < -0.4 is 10.1 Å². The summed E-state index contributed by atoms with van der Waals surface area (Å²) in [7, 11) is 0.